The van der Waals surface area contributed by atoms with Crippen LogP contribution in [0.2, 0.25) is 0 Å². The summed E-state index contributed by atoms with van der Waals surface area (Å²) in [5, 5.41) is 0. The molecule has 1 amide bonds. The molecule has 1 fully saturated rings. The fourth-order valence-corrected chi connectivity index (χ4v) is 2.64. The number of carbonyl (C=O) groups is 1. The van der Waals surface area contributed by atoms with Crippen LogP contribution in [0.1, 0.15) is 18.4 Å². The molecular formula is C16H24N2O4. The largest absolute Gasteiger partial charge is 0.497 e. The van der Waals surface area contributed by atoms with E-state index < -0.39 is 5.54 Å². The molecule has 1 heterocycles. The lowest BCUT2D eigenvalue weighted by molar-refractivity contribution is -0.139. The minimum Gasteiger partial charge on any atom is -0.497 e. The van der Waals surface area contributed by atoms with E-state index in [0.29, 0.717) is 44.1 Å². The van der Waals surface area contributed by atoms with E-state index in [4.69, 9.17) is 19.9 Å². The maximum absolute atomic E-state index is 12.6. The summed E-state index contributed by atoms with van der Waals surface area (Å²) in [6.45, 7) is 1.50. The molecule has 0 aromatic heterocycles. The van der Waals surface area contributed by atoms with E-state index in [-0.39, 0.29) is 5.91 Å². The monoisotopic (exact) mass is 308 g/mol. The third kappa shape index (κ3) is 3.51. The normalized spacial score (nSPS) is 16.9. The standard InChI is InChI=1S/C16H24N2O4/c1-18(15(19)16(17)6-8-22-9-7-16)11-12-4-5-13(20-2)10-14(12)21-3/h4-5,10H,6-9,11,17H2,1-3H3. The number of hydrogen-bond donors (Lipinski definition) is 1. The predicted octanol–water partition coefficient (Wildman–Crippen LogP) is 1.17. The molecule has 1 aliphatic heterocycles. The molecule has 0 bridgehead atoms. The highest BCUT2D eigenvalue weighted by Gasteiger charge is 2.38. The fraction of sp³-hybridized carbons (Fsp3) is 0.562. The molecule has 6 heteroatoms. The highest BCUT2D eigenvalue weighted by molar-refractivity contribution is 5.86. The Morgan fingerprint density at radius 1 is 1.32 bits per heavy atom. The number of amides is 1. The minimum absolute atomic E-state index is 0.0614. The van der Waals surface area contributed by atoms with Crippen molar-refractivity contribution in [1.82, 2.24) is 4.90 Å². The molecule has 22 heavy (non-hydrogen) atoms. The van der Waals surface area contributed by atoms with Gasteiger partial charge in [-0.05, 0) is 25.0 Å². The van der Waals surface area contributed by atoms with Crippen LogP contribution >= 0.6 is 0 Å². The maximum atomic E-state index is 12.6. The molecule has 1 aromatic carbocycles. The Morgan fingerprint density at radius 2 is 2.00 bits per heavy atom. The Kier molecular flexibility index (Phi) is 5.26. The quantitative estimate of drug-likeness (QED) is 0.884. The SMILES string of the molecule is COc1ccc(CN(C)C(=O)C2(N)CCOCC2)c(OC)c1. The van der Waals surface area contributed by atoms with Crippen LogP contribution in [0, 0.1) is 0 Å². The highest BCUT2D eigenvalue weighted by atomic mass is 16.5. The molecule has 0 unspecified atom stereocenters. The number of hydrogen-bond acceptors (Lipinski definition) is 5. The second kappa shape index (κ2) is 6.98. The summed E-state index contributed by atoms with van der Waals surface area (Å²) in [6.07, 6.45) is 1.10. The molecular weight excluding hydrogens is 284 g/mol. The van der Waals surface area contributed by atoms with Crippen LogP contribution in [-0.4, -0.2) is 50.8 Å². The lowest BCUT2D eigenvalue weighted by Gasteiger charge is -2.35. The van der Waals surface area contributed by atoms with Gasteiger partial charge in [-0.25, -0.2) is 0 Å². The molecule has 0 spiro atoms. The first kappa shape index (κ1) is 16.6. The van der Waals surface area contributed by atoms with E-state index in [1.54, 1.807) is 32.2 Å². The summed E-state index contributed by atoms with van der Waals surface area (Å²) in [4.78, 5) is 14.3. The van der Waals surface area contributed by atoms with Crippen LogP contribution in [0.4, 0.5) is 0 Å². The lowest BCUT2D eigenvalue weighted by atomic mass is 9.89. The number of methoxy groups -OCH3 is 2. The first-order valence-electron chi connectivity index (χ1n) is 7.33. The molecule has 1 aromatic rings. The number of likely N-dealkylation sites (N-methyl/N-ethyl adjacent to an activating group) is 1. The van der Waals surface area contributed by atoms with E-state index in [9.17, 15) is 4.79 Å². The van der Waals surface area contributed by atoms with Gasteiger partial charge in [0, 0.05) is 38.4 Å². The smallest absolute Gasteiger partial charge is 0.242 e. The second-order valence-electron chi connectivity index (χ2n) is 5.61. The van der Waals surface area contributed by atoms with Crippen molar-refractivity contribution in [2.75, 3.05) is 34.5 Å². The number of carbonyl (C=O) groups excluding carboxylic acids is 1. The van der Waals surface area contributed by atoms with Crippen molar-refractivity contribution in [2.45, 2.75) is 24.9 Å². The average molecular weight is 308 g/mol. The first-order chi connectivity index (χ1) is 10.5. The summed E-state index contributed by atoms with van der Waals surface area (Å²) in [5.74, 6) is 1.35. The zero-order valence-corrected chi connectivity index (χ0v) is 13.4. The van der Waals surface area contributed by atoms with Gasteiger partial charge in [0.1, 0.15) is 11.5 Å². The summed E-state index contributed by atoms with van der Waals surface area (Å²) >= 11 is 0. The van der Waals surface area contributed by atoms with Crippen molar-refractivity contribution in [2.24, 2.45) is 5.73 Å². The van der Waals surface area contributed by atoms with Crippen molar-refractivity contribution >= 4 is 5.91 Å². The van der Waals surface area contributed by atoms with E-state index in [0.717, 1.165) is 5.56 Å². The molecule has 6 nitrogen and oxygen atoms in total. The van der Waals surface area contributed by atoms with Crippen molar-refractivity contribution in [1.29, 1.82) is 0 Å². The molecule has 1 saturated heterocycles. The van der Waals surface area contributed by atoms with Crippen molar-refractivity contribution < 1.29 is 19.0 Å². The Balaban J connectivity index is 2.11. The minimum atomic E-state index is -0.827. The Bertz CT molecular complexity index is 527. The number of nitrogens with two attached hydrogens (primary N) is 1. The molecule has 0 atom stereocenters. The van der Waals surface area contributed by atoms with Gasteiger partial charge < -0.3 is 24.8 Å². The maximum Gasteiger partial charge on any atom is 0.242 e. The van der Waals surface area contributed by atoms with Gasteiger partial charge in [-0.2, -0.15) is 0 Å². The third-order valence-electron chi connectivity index (χ3n) is 4.06. The van der Waals surface area contributed by atoms with E-state index in [1.807, 2.05) is 12.1 Å². The third-order valence-corrected chi connectivity index (χ3v) is 4.06. The number of rotatable bonds is 5. The molecule has 2 N–H and O–H groups in total. The summed E-state index contributed by atoms with van der Waals surface area (Å²) in [6, 6.07) is 5.55. The van der Waals surface area contributed by atoms with Crippen LogP contribution in [0.15, 0.2) is 18.2 Å². The van der Waals surface area contributed by atoms with Gasteiger partial charge in [0.2, 0.25) is 5.91 Å². The summed E-state index contributed by atoms with van der Waals surface area (Å²) in [7, 11) is 4.96. The lowest BCUT2D eigenvalue weighted by Crippen LogP contribution is -2.57. The Labute approximate surface area is 131 Å². The Morgan fingerprint density at radius 3 is 2.59 bits per heavy atom. The van der Waals surface area contributed by atoms with Crippen LogP contribution < -0.4 is 15.2 Å². The Hall–Kier alpha value is -1.79. The molecule has 1 aliphatic rings. The zero-order valence-electron chi connectivity index (χ0n) is 13.4. The molecule has 0 aliphatic carbocycles. The first-order valence-corrected chi connectivity index (χ1v) is 7.33. The van der Waals surface area contributed by atoms with Gasteiger partial charge in [0.05, 0.1) is 19.8 Å². The predicted molar refractivity (Wildman–Crippen MR) is 83.0 cm³/mol. The summed E-state index contributed by atoms with van der Waals surface area (Å²) in [5.41, 5.74) is 6.34. The van der Waals surface area contributed by atoms with Gasteiger partial charge in [-0.1, -0.05) is 0 Å². The van der Waals surface area contributed by atoms with Gasteiger partial charge in [0.15, 0.2) is 0 Å². The van der Waals surface area contributed by atoms with Crippen LogP contribution in [0.3, 0.4) is 0 Å². The van der Waals surface area contributed by atoms with Crippen molar-refractivity contribution in [3.63, 3.8) is 0 Å². The molecule has 0 saturated carbocycles. The van der Waals surface area contributed by atoms with Crippen molar-refractivity contribution in [3.8, 4) is 11.5 Å². The average Bonchev–Trinajstić information content (AvgIpc) is 2.55. The number of benzene rings is 1. The second-order valence-corrected chi connectivity index (χ2v) is 5.61. The molecule has 2 rings (SSSR count). The molecule has 0 radical (unpaired) electrons. The van der Waals surface area contributed by atoms with Crippen molar-refractivity contribution in [3.05, 3.63) is 23.8 Å². The van der Waals surface area contributed by atoms with Gasteiger partial charge in [-0.15, -0.1) is 0 Å². The van der Waals surface area contributed by atoms with E-state index >= 15 is 0 Å². The van der Waals surface area contributed by atoms with Gasteiger partial charge in [0.25, 0.3) is 0 Å². The highest BCUT2D eigenvalue weighted by Crippen LogP contribution is 2.27. The van der Waals surface area contributed by atoms with E-state index in [1.165, 1.54) is 0 Å². The van der Waals surface area contributed by atoms with Gasteiger partial charge in [-0.3, -0.25) is 4.79 Å². The topological polar surface area (TPSA) is 74.0 Å². The van der Waals surface area contributed by atoms with Crippen LogP contribution in [-0.2, 0) is 16.1 Å². The number of ether oxygens (including phenoxy) is 3. The fourth-order valence-electron chi connectivity index (χ4n) is 2.64. The zero-order chi connectivity index (χ0) is 16.2. The van der Waals surface area contributed by atoms with E-state index in [2.05, 4.69) is 0 Å². The van der Waals surface area contributed by atoms with Crippen LogP contribution in [0.25, 0.3) is 0 Å². The molecule has 122 valence electrons. The summed E-state index contributed by atoms with van der Waals surface area (Å²) < 4.78 is 15.8. The number of nitrogens with zero attached hydrogens (tertiary/aromatic N) is 1. The van der Waals surface area contributed by atoms with Gasteiger partial charge >= 0.3 is 0 Å². The van der Waals surface area contributed by atoms with Crippen LogP contribution in [0.5, 0.6) is 11.5 Å².